The summed E-state index contributed by atoms with van der Waals surface area (Å²) >= 11 is 0. The zero-order valence-corrected chi connectivity index (χ0v) is 8.36. The number of hydrogen-bond acceptors (Lipinski definition) is 3. The summed E-state index contributed by atoms with van der Waals surface area (Å²) in [6.45, 7) is 1.79. The fraction of sp³-hybridized carbons (Fsp3) is 0.778. The van der Waals surface area contributed by atoms with Gasteiger partial charge in [-0.15, -0.1) is 0 Å². The number of nitrogens with zero attached hydrogens (tertiary/aromatic N) is 1. The van der Waals surface area contributed by atoms with Gasteiger partial charge in [-0.1, -0.05) is 0 Å². The van der Waals surface area contributed by atoms with E-state index in [2.05, 4.69) is 5.32 Å². The van der Waals surface area contributed by atoms with Gasteiger partial charge in [-0.25, -0.2) is 4.79 Å². The Hall–Kier alpha value is -1.30. The zero-order valence-electron chi connectivity index (χ0n) is 8.36. The highest BCUT2D eigenvalue weighted by atomic mass is 16.5. The van der Waals surface area contributed by atoms with E-state index in [1.807, 2.05) is 0 Å². The number of likely N-dealkylation sites (tertiary alicyclic amines) is 1. The highest BCUT2D eigenvalue weighted by Gasteiger charge is 2.44. The number of piperidine rings is 1. The molecule has 0 radical (unpaired) electrons. The van der Waals surface area contributed by atoms with Gasteiger partial charge in [0.1, 0.15) is 5.60 Å². The van der Waals surface area contributed by atoms with Crippen LogP contribution in [0.25, 0.3) is 0 Å². The van der Waals surface area contributed by atoms with Crippen molar-refractivity contribution in [1.29, 1.82) is 0 Å². The largest absolute Gasteiger partial charge is 0.465 e. The Labute approximate surface area is 87.2 Å². The third kappa shape index (κ3) is 1.77. The van der Waals surface area contributed by atoms with Crippen molar-refractivity contribution < 1.29 is 19.4 Å². The molecule has 2 N–H and O–H groups in total. The molecule has 2 heterocycles. The number of carboxylic acid groups (broad SMARTS) is 1. The molecule has 0 aromatic rings. The summed E-state index contributed by atoms with van der Waals surface area (Å²) in [7, 11) is 0. The van der Waals surface area contributed by atoms with Crippen LogP contribution >= 0.6 is 0 Å². The van der Waals surface area contributed by atoms with Crippen LogP contribution < -0.4 is 5.32 Å². The van der Waals surface area contributed by atoms with Crippen molar-refractivity contribution in [2.45, 2.75) is 18.4 Å². The highest BCUT2D eigenvalue weighted by molar-refractivity contribution is 5.86. The van der Waals surface area contributed by atoms with Crippen molar-refractivity contribution in [3.05, 3.63) is 0 Å². The number of carbonyl (C=O) groups is 2. The Morgan fingerprint density at radius 1 is 1.47 bits per heavy atom. The Bertz CT molecular complexity index is 284. The van der Waals surface area contributed by atoms with Crippen molar-refractivity contribution in [1.82, 2.24) is 10.2 Å². The molecule has 2 fully saturated rings. The first-order valence-corrected chi connectivity index (χ1v) is 5.04. The summed E-state index contributed by atoms with van der Waals surface area (Å²) in [4.78, 5) is 23.7. The van der Waals surface area contributed by atoms with Gasteiger partial charge in [0, 0.05) is 32.5 Å². The van der Waals surface area contributed by atoms with Gasteiger partial charge in [-0.3, -0.25) is 4.79 Å². The maximum Gasteiger partial charge on any atom is 0.407 e. The number of nitrogens with one attached hydrogen (secondary N) is 1. The van der Waals surface area contributed by atoms with Crippen LogP contribution in [-0.2, 0) is 9.53 Å². The summed E-state index contributed by atoms with van der Waals surface area (Å²) in [5, 5.41) is 11.5. The van der Waals surface area contributed by atoms with Crippen molar-refractivity contribution in [3.8, 4) is 0 Å². The number of carbonyl (C=O) groups excluding carboxylic acids is 1. The van der Waals surface area contributed by atoms with Crippen LogP contribution in [0.1, 0.15) is 12.8 Å². The lowest BCUT2D eigenvalue weighted by Gasteiger charge is -2.41. The van der Waals surface area contributed by atoms with Gasteiger partial charge in [0.05, 0.1) is 6.61 Å². The van der Waals surface area contributed by atoms with E-state index in [0.717, 1.165) is 0 Å². The fourth-order valence-electron chi connectivity index (χ4n) is 2.07. The molecule has 2 saturated heterocycles. The van der Waals surface area contributed by atoms with Gasteiger partial charge in [0.2, 0.25) is 0 Å². The minimum absolute atomic E-state index is 0.0983. The molecule has 0 saturated carbocycles. The second-order valence-electron chi connectivity index (χ2n) is 3.87. The molecule has 2 rings (SSSR count). The quantitative estimate of drug-likeness (QED) is 0.577. The van der Waals surface area contributed by atoms with E-state index in [0.29, 0.717) is 39.1 Å². The zero-order chi connectivity index (χ0) is 10.9. The van der Waals surface area contributed by atoms with E-state index in [1.165, 1.54) is 4.90 Å². The van der Waals surface area contributed by atoms with Crippen LogP contribution in [0.3, 0.4) is 0 Å². The summed E-state index contributed by atoms with van der Waals surface area (Å²) in [5.41, 5.74) is -0.774. The van der Waals surface area contributed by atoms with Gasteiger partial charge in [0.15, 0.2) is 0 Å². The Morgan fingerprint density at radius 3 is 2.67 bits per heavy atom. The van der Waals surface area contributed by atoms with E-state index >= 15 is 0 Å². The summed E-state index contributed by atoms with van der Waals surface area (Å²) in [6, 6.07) is 0. The molecule has 0 aromatic heterocycles. The monoisotopic (exact) mass is 214 g/mol. The van der Waals surface area contributed by atoms with Gasteiger partial charge >= 0.3 is 6.09 Å². The topological polar surface area (TPSA) is 78.9 Å². The number of rotatable bonds is 0. The van der Waals surface area contributed by atoms with Crippen LogP contribution in [0.5, 0.6) is 0 Å². The minimum atomic E-state index is -0.930. The lowest BCUT2D eigenvalue weighted by Crippen LogP contribution is -2.59. The molecule has 0 atom stereocenters. The first-order chi connectivity index (χ1) is 7.14. The van der Waals surface area contributed by atoms with Crippen molar-refractivity contribution >= 4 is 12.0 Å². The predicted molar refractivity (Wildman–Crippen MR) is 50.5 cm³/mol. The van der Waals surface area contributed by atoms with E-state index in [1.54, 1.807) is 0 Å². The molecule has 2 aliphatic heterocycles. The second kappa shape index (κ2) is 3.69. The molecule has 2 aliphatic rings. The van der Waals surface area contributed by atoms with Crippen molar-refractivity contribution in [2.24, 2.45) is 0 Å². The molecule has 0 bridgehead atoms. The van der Waals surface area contributed by atoms with Gasteiger partial charge < -0.3 is 20.1 Å². The molecule has 1 spiro atoms. The van der Waals surface area contributed by atoms with E-state index < -0.39 is 11.7 Å². The molecule has 6 heteroatoms. The number of hydrogen-bond donors (Lipinski definition) is 2. The number of amides is 2. The standard InChI is InChI=1S/C9H14N2O4/c12-7-9(15-6-3-10-7)1-4-11(5-2-9)8(13)14/h1-6H2,(H,10,12)(H,13,14). The molecule has 2 amide bonds. The Morgan fingerprint density at radius 2 is 2.13 bits per heavy atom. The van der Waals surface area contributed by atoms with Crippen LogP contribution in [0, 0.1) is 0 Å². The Balaban J connectivity index is 2.01. The maximum absolute atomic E-state index is 11.6. The third-order valence-corrected chi connectivity index (χ3v) is 3.02. The maximum atomic E-state index is 11.6. The van der Waals surface area contributed by atoms with Crippen LogP contribution in [-0.4, -0.2) is 53.8 Å². The SMILES string of the molecule is O=C(O)N1CCC2(CC1)OCCNC2=O. The molecule has 0 aliphatic carbocycles. The highest BCUT2D eigenvalue weighted by Crippen LogP contribution is 2.28. The van der Waals surface area contributed by atoms with Crippen molar-refractivity contribution in [3.63, 3.8) is 0 Å². The number of ether oxygens (including phenoxy) is 1. The van der Waals surface area contributed by atoms with Crippen LogP contribution in [0.15, 0.2) is 0 Å². The molecule has 84 valence electrons. The minimum Gasteiger partial charge on any atom is -0.465 e. The van der Waals surface area contributed by atoms with Gasteiger partial charge in [-0.05, 0) is 0 Å². The number of morpholine rings is 1. The normalized spacial score (nSPS) is 25.1. The third-order valence-electron chi connectivity index (χ3n) is 3.02. The molecule has 6 nitrogen and oxygen atoms in total. The lowest BCUT2D eigenvalue weighted by molar-refractivity contribution is -0.161. The summed E-state index contributed by atoms with van der Waals surface area (Å²) in [6.07, 6.45) is -0.0305. The molecular weight excluding hydrogens is 200 g/mol. The molecular formula is C9H14N2O4. The molecule has 15 heavy (non-hydrogen) atoms. The lowest BCUT2D eigenvalue weighted by atomic mass is 9.89. The summed E-state index contributed by atoms with van der Waals surface area (Å²) < 4.78 is 5.52. The first kappa shape index (κ1) is 10.2. The second-order valence-corrected chi connectivity index (χ2v) is 3.87. The van der Waals surface area contributed by atoms with E-state index in [4.69, 9.17) is 9.84 Å². The van der Waals surface area contributed by atoms with Crippen molar-refractivity contribution in [2.75, 3.05) is 26.2 Å². The molecule has 0 unspecified atom stereocenters. The fourth-order valence-corrected chi connectivity index (χ4v) is 2.07. The van der Waals surface area contributed by atoms with Crippen LogP contribution in [0.2, 0.25) is 0 Å². The Kier molecular flexibility index (Phi) is 2.52. The van der Waals surface area contributed by atoms with E-state index in [9.17, 15) is 9.59 Å². The molecule has 0 aromatic carbocycles. The summed E-state index contributed by atoms with van der Waals surface area (Å²) in [5.74, 6) is -0.0983. The predicted octanol–water partition coefficient (Wildman–Crippen LogP) is -0.355. The smallest absolute Gasteiger partial charge is 0.407 e. The van der Waals surface area contributed by atoms with E-state index in [-0.39, 0.29) is 5.91 Å². The van der Waals surface area contributed by atoms with Gasteiger partial charge in [0.25, 0.3) is 5.91 Å². The van der Waals surface area contributed by atoms with Gasteiger partial charge in [-0.2, -0.15) is 0 Å². The van der Waals surface area contributed by atoms with Crippen LogP contribution in [0.4, 0.5) is 4.79 Å². The first-order valence-electron chi connectivity index (χ1n) is 5.04. The average Bonchev–Trinajstić information content (AvgIpc) is 2.23. The average molecular weight is 214 g/mol.